The predicted octanol–water partition coefficient (Wildman–Crippen LogP) is -0.265. The number of urea groups is 1. The molecule has 0 atom stereocenters. The summed E-state index contributed by atoms with van der Waals surface area (Å²) < 4.78 is 0. The first kappa shape index (κ1) is 7.97. The van der Waals surface area contributed by atoms with Gasteiger partial charge in [0, 0.05) is 6.54 Å². The minimum Gasteiger partial charge on any atom is -0.333 e. The van der Waals surface area contributed by atoms with Gasteiger partial charge in [-0.05, 0) is 6.92 Å². The molecule has 0 rings (SSSR count). The smallest absolute Gasteiger partial charge is 0.329 e. The van der Waals surface area contributed by atoms with E-state index in [4.69, 9.17) is 5.84 Å². The summed E-state index contributed by atoms with van der Waals surface area (Å²) in [5, 5.41) is 2.46. The maximum absolute atomic E-state index is 10.3. The van der Waals surface area contributed by atoms with Crippen molar-refractivity contribution in [3.05, 3.63) is 12.2 Å². The summed E-state index contributed by atoms with van der Waals surface area (Å²) in [7, 11) is 0. The molecule has 0 aliphatic rings. The highest BCUT2D eigenvalue weighted by molar-refractivity contribution is 5.73. The summed E-state index contributed by atoms with van der Waals surface area (Å²) in [5.41, 5.74) is 2.82. The van der Waals surface area contributed by atoms with Gasteiger partial charge in [-0.1, -0.05) is 12.2 Å². The molecule has 0 radical (unpaired) electrons. The molecule has 0 unspecified atom stereocenters. The van der Waals surface area contributed by atoms with Gasteiger partial charge < -0.3 is 5.32 Å². The van der Waals surface area contributed by atoms with Crippen LogP contribution in [0.5, 0.6) is 0 Å². The molecule has 4 N–H and O–H groups in total. The second-order valence-electron chi connectivity index (χ2n) is 1.78. The van der Waals surface area contributed by atoms with Crippen LogP contribution in [-0.4, -0.2) is 12.6 Å². The number of amides is 2. The Hall–Kier alpha value is -1.03. The Kier molecular flexibility index (Phi) is 3.46. The number of hydrazine groups is 1. The van der Waals surface area contributed by atoms with Crippen molar-refractivity contribution in [3.63, 3.8) is 0 Å². The highest BCUT2D eigenvalue weighted by Gasteiger charge is 1.92. The van der Waals surface area contributed by atoms with Gasteiger partial charge in [0.1, 0.15) is 0 Å². The number of carbonyl (C=O) groups is 1. The van der Waals surface area contributed by atoms with Gasteiger partial charge >= 0.3 is 6.03 Å². The van der Waals surface area contributed by atoms with E-state index in [1.54, 1.807) is 0 Å². The van der Waals surface area contributed by atoms with Crippen LogP contribution >= 0.6 is 0 Å². The Balaban J connectivity index is 3.28. The van der Waals surface area contributed by atoms with E-state index in [1.807, 2.05) is 12.3 Å². The van der Waals surface area contributed by atoms with Crippen molar-refractivity contribution in [3.8, 4) is 0 Å². The maximum Gasteiger partial charge on any atom is 0.329 e. The van der Waals surface area contributed by atoms with Gasteiger partial charge in [0.2, 0.25) is 0 Å². The van der Waals surface area contributed by atoms with Crippen LogP contribution in [0.2, 0.25) is 0 Å². The molecule has 0 aliphatic carbocycles. The van der Waals surface area contributed by atoms with Crippen molar-refractivity contribution in [2.75, 3.05) is 6.54 Å². The zero-order valence-corrected chi connectivity index (χ0v) is 5.40. The minimum absolute atomic E-state index is 0.391. The fourth-order valence-corrected chi connectivity index (χ4v) is 0.282. The van der Waals surface area contributed by atoms with Crippen molar-refractivity contribution in [1.82, 2.24) is 10.7 Å². The van der Waals surface area contributed by atoms with E-state index in [2.05, 4.69) is 11.9 Å². The van der Waals surface area contributed by atoms with Gasteiger partial charge in [0.25, 0.3) is 0 Å². The molecular formula is C5H11N3O. The lowest BCUT2D eigenvalue weighted by Crippen LogP contribution is -2.40. The molecule has 4 heteroatoms. The van der Waals surface area contributed by atoms with Gasteiger partial charge in [-0.2, -0.15) is 0 Å². The second kappa shape index (κ2) is 3.91. The molecule has 0 heterocycles. The molecule has 0 spiro atoms. The average Bonchev–Trinajstić information content (AvgIpc) is 1.83. The van der Waals surface area contributed by atoms with Crippen LogP contribution in [0.15, 0.2) is 12.2 Å². The first-order chi connectivity index (χ1) is 4.16. The summed E-state index contributed by atoms with van der Waals surface area (Å²) in [4.78, 5) is 10.3. The highest BCUT2D eigenvalue weighted by atomic mass is 16.2. The number of hydrogen-bond donors (Lipinski definition) is 3. The molecular weight excluding hydrogens is 118 g/mol. The van der Waals surface area contributed by atoms with E-state index in [9.17, 15) is 4.79 Å². The number of hydrogen-bond acceptors (Lipinski definition) is 2. The highest BCUT2D eigenvalue weighted by Crippen LogP contribution is 1.79. The third-order valence-corrected chi connectivity index (χ3v) is 0.682. The molecule has 0 fully saturated rings. The monoisotopic (exact) mass is 129 g/mol. The molecule has 0 aromatic heterocycles. The molecule has 0 saturated carbocycles. The molecule has 2 amide bonds. The van der Waals surface area contributed by atoms with Crippen molar-refractivity contribution in [2.24, 2.45) is 5.84 Å². The summed E-state index contributed by atoms with van der Waals surface area (Å²) >= 11 is 0. The van der Waals surface area contributed by atoms with Crippen LogP contribution in [-0.2, 0) is 0 Å². The molecule has 4 nitrogen and oxygen atoms in total. The molecule has 0 aromatic carbocycles. The number of carbonyl (C=O) groups excluding carboxylic acids is 1. The zero-order valence-electron chi connectivity index (χ0n) is 5.40. The average molecular weight is 129 g/mol. The summed E-state index contributed by atoms with van der Waals surface area (Å²) in [6.45, 7) is 5.86. The van der Waals surface area contributed by atoms with Crippen LogP contribution in [0.25, 0.3) is 0 Å². The minimum atomic E-state index is -0.391. The summed E-state index contributed by atoms with van der Waals surface area (Å²) in [5.74, 6) is 4.77. The van der Waals surface area contributed by atoms with Gasteiger partial charge in [-0.25, -0.2) is 10.6 Å². The largest absolute Gasteiger partial charge is 0.333 e. The summed E-state index contributed by atoms with van der Waals surface area (Å²) in [6, 6.07) is -0.391. The maximum atomic E-state index is 10.3. The van der Waals surface area contributed by atoms with Gasteiger partial charge in [-0.3, -0.25) is 5.43 Å². The van der Waals surface area contributed by atoms with Crippen molar-refractivity contribution < 1.29 is 4.79 Å². The van der Waals surface area contributed by atoms with E-state index < -0.39 is 6.03 Å². The third kappa shape index (κ3) is 4.83. The van der Waals surface area contributed by atoms with E-state index in [1.165, 1.54) is 0 Å². The molecule has 0 aromatic rings. The van der Waals surface area contributed by atoms with Gasteiger partial charge in [0.15, 0.2) is 0 Å². The first-order valence-corrected chi connectivity index (χ1v) is 2.55. The van der Waals surface area contributed by atoms with E-state index in [-0.39, 0.29) is 0 Å². The topological polar surface area (TPSA) is 67.2 Å². The number of nitrogens with two attached hydrogens (primary N) is 1. The molecule has 9 heavy (non-hydrogen) atoms. The lowest BCUT2D eigenvalue weighted by molar-refractivity contribution is 0.242. The van der Waals surface area contributed by atoms with Crippen molar-refractivity contribution in [1.29, 1.82) is 0 Å². The standard InChI is InChI=1S/C5H11N3O/c1-4(2)3-7-5(9)8-6/h1,3,6H2,2H3,(H2,7,8,9). The molecule has 0 bridgehead atoms. The molecule has 0 saturated heterocycles. The first-order valence-electron chi connectivity index (χ1n) is 2.55. The Morgan fingerprint density at radius 1 is 1.78 bits per heavy atom. The fourth-order valence-electron chi connectivity index (χ4n) is 0.282. The van der Waals surface area contributed by atoms with Crippen molar-refractivity contribution in [2.45, 2.75) is 6.92 Å². The van der Waals surface area contributed by atoms with Crippen LogP contribution < -0.4 is 16.6 Å². The van der Waals surface area contributed by atoms with Gasteiger partial charge in [0.05, 0.1) is 0 Å². The quantitative estimate of drug-likeness (QED) is 0.208. The Morgan fingerprint density at radius 2 is 2.33 bits per heavy atom. The number of rotatable bonds is 2. The molecule has 0 aliphatic heterocycles. The van der Waals surface area contributed by atoms with E-state index in [0.717, 1.165) is 5.57 Å². The van der Waals surface area contributed by atoms with Crippen LogP contribution in [0.1, 0.15) is 6.92 Å². The van der Waals surface area contributed by atoms with Crippen LogP contribution in [0, 0.1) is 0 Å². The predicted molar refractivity (Wildman–Crippen MR) is 35.5 cm³/mol. The Labute approximate surface area is 54.1 Å². The third-order valence-electron chi connectivity index (χ3n) is 0.682. The van der Waals surface area contributed by atoms with Crippen LogP contribution in [0.3, 0.4) is 0 Å². The molecule has 52 valence electrons. The normalized spacial score (nSPS) is 8.22. The second-order valence-corrected chi connectivity index (χ2v) is 1.78. The SMILES string of the molecule is C=C(C)CNC(=O)NN. The number of nitrogens with one attached hydrogen (secondary N) is 2. The Morgan fingerprint density at radius 3 is 2.67 bits per heavy atom. The van der Waals surface area contributed by atoms with E-state index in [0.29, 0.717) is 6.54 Å². The fraction of sp³-hybridized carbons (Fsp3) is 0.400. The lowest BCUT2D eigenvalue weighted by Gasteiger charge is -2.01. The van der Waals surface area contributed by atoms with Gasteiger partial charge in [-0.15, -0.1) is 0 Å². The summed E-state index contributed by atoms with van der Waals surface area (Å²) in [6.07, 6.45) is 0. The van der Waals surface area contributed by atoms with Crippen LogP contribution in [0.4, 0.5) is 4.79 Å². The lowest BCUT2D eigenvalue weighted by atomic mass is 10.3. The van der Waals surface area contributed by atoms with Crippen molar-refractivity contribution >= 4 is 6.03 Å². The van der Waals surface area contributed by atoms with E-state index >= 15 is 0 Å². The Bertz CT molecular complexity index is 121. The zero-order chi connectivity index (χ0) is 7.28.